The van der Waals surface area contributed by atoms with Crippen LogP contribution < -0.4 is 0 Å². The number of carbonyl (C=O) groups excluding carboxylic acids is 1. The fourth-order valence-electron chi connectivity index (χ4n) is 0.519. The summed E-state index contributed by atoms with van der Waals surface area (Å²) < 4.78 is 0. The van der Waals surface area contributed by atoms with Crippen LogP contribution in [0.3, 0.4) is 0 Å². The number of hydrogen-bond donors (Lipinski definition) is 1. The first kappa shape index (κ1) is 8.82. The molecule has 0 saturated heterocycles. The van der Waals surface area contributed by atoms with E-state index < -0.39 is 0 Å². The van der Waals surface area contributed by atoms with E-state index in [0.29, 0.717) is 5.75 Å². The molecule has 0 aliphatic heterocycles. The normalized spacial score (nSPS) is 12.9. The second-order valence-corrected chi connectivity index (χ2v) is 2.68. The first-order valence-electron chi connectivity index (χ1n) is 2.91. The van der Waals surface area contributed by atoms with Crippen molar-refractivity contribution >= 4 is 18.5 Å². The molecule has 1 atom stereocenters. The molecular weight excluding hydrogens is 134 g/mol. The summed E-state index contributed by atoms with van der Waals surface area (Å²) >= 11 is 4.00. The second kappa shape index (κ2) is 3.77. The molecule has 0 spiro atoms. The lowest BCUT2D eigenvalue weighted by molar-refractivity contribution is -0.131. The number of carbonyl (C=O) groups is 1. The first-order chi connectivity index (χ1) is 4.09. The van der Waals surface area contributed by atoms with Gasteiger partial charge in [0.05, 0.1) is 0 Å². The fraction of sp³-hybridized carbons (Fsp3) is 0.833. The molecule has 54 valence electrons. The molecule has 0 radical (unpaired) electrons. The molecule has 0 N–H and O–H groups in total. The lowest BCUT2D eigenvalue weighted by Gasteiger charge is -2.13. The molecule has 0 saturated carbocycles. The van der Waals surface area contributed by atoms with Crippen LogP contribution in [0.25, 0.3) is 0 Å². The van der Waals surface area contributed by atoms with Crippen molar-refractivity contribution in [3.05, 3.63) is 0 Å². The van der Waals surface area contributed by atoms with Gasteiger partial charge in [-0.15, -0.1) is 0 Å². The minimum atomic E-state index is 0.0448. The van der Waals surface area contributed by atoms with Gasteiger partial charge < -0.3 is 4.90 Å². The predicted octanol–water partition coefficient (Wildman–Crippen LogP) is 0.641. The van der Waals surface area contributed by atoms with Gasteiger partial charge in [0.2, 0.25) is 5.91 Å². The van der Waals surface area contributed by atoms with Crippen LogP contribution in [0.2, 0.25) is 0 Å². The molecule has 9 heavy (non-hydrogen) atoms. The topological polar surface area (TPSA) is 20.3 Å². The molecular formula is C6H13NOS. The summed E-state index contributed by atoms with van der Waals surface area (Å²) in [6.07, 6.45) is 0. The molecule has 0 bridgehead atoms. The Hall–Kier alpha value is -0.180. The van der Waals surface area contributed by atoms with Gasteiger partial charge in [0, 0.05) is 25.8 Å². The molecule has 0 heterocycles. The van der Waals surface area contributed by atoms with Crippen molar-refractivity contribution in [3.63, 3.8) is 0 Å². The second-order valence-electron chi connectivity index (χ2n) is 2.32. The van der Waals surface area contributed by atoms with Gasteiger partial charge in [0.1, 0.15) is 0 Å². The van der Waals surface area contributed by atoms with E-state index >= 15 is 0 Å². The number of amides is 1. The SMILES string of the molecule is CC(CS)C(=O)N(C)C. The molecule has 2 nitrogen and oxygen atoms in total. The molecule has 3 heteroatoms. The van der Waals surface area contributed by atoms with Crippen LogP contribution >= 0.6 is 12.6 Å². The summed E-state index contributed by atoms with van der Waals surface area (Å²) in [6, 6.07) is 0. The van der Waals surface area contributed by atoms with Crippen LogP contribution in [0, 0.1) is 5.92 Å². The number of rotatable bonds is 2. The Balaban J connectivity index is 3.73. The van der Waals surface area contributed by atoms with Gasteiger partial charge in [-0.25, -0.2) is 0 Å². The fourth-order valence-corrected chi connectivity index (χ4v) is 0.675. The van der Waals surface area contributed by atoms with Crippen molar-refractivity contribution in [3.8, 4) is 0 Å². The van der Waals surface area contributed by atoms with Crippen molar-refractivity contribution in [1.29, 1.82) is 0 Å². The Labute approximate surface area is 61.6 Å². The lowest BCUT2D eigenvalue weighted by atomic mass is 10.2. The Morgan fingerprint density at radius 3 is 2.22 bits per heavy atom. The zero-order valence-corrected chi connectivity index (χ0v) is 6.98. The van der Waals surface area contributed by atoms with Crippen molar-refractivity contribution in [2.45, 2.75) is 6.92 Å². The molecule has 1 amide bonds. The van der Waals surface area contributed by atoms with Crippen molar-refractivity contribution in [2.24, 2.45) is 5.92 Å². The minimum Gasteiger partial charge on any atom is -0.349 e. The highest BCUT2D eigenvalue weighted by Gasteiger charge is 2.11. The van der Waals surface area contributed by atoms with Crippen LogP contribution in [0.5, 0.6) is 0 Å². The third kappa shape index (κ3) is 2.75. The maximum Gasteiger partial charge on any atom is 0.225 e. The van der Waals surface area contributed by atoms with Crippen LogP contribution in [-0.4, -0.2) is 30.7 Å². The minimum absolute atomic E-state index is 0.0448. The zero-order valence-electron chi connectivity index (χ0n) is 6.09. The smallest absolute Gasteiger partial charge is 0.225 e. The zero-order chi connectivity index (χ0) is 7.44. The van der Waals surface area contributed by atoms with Gasteiger partial charge in [-0.2, -0.15) is 12.6 Å². The Bertz CT molecular complexity index is 103. The molecule has 0 aromatic carbocycles. The largest absolute Gasteiger partial charge is 0.349 e. The van der Waals surface area contributed by atoms with E-state index in [-0.39, 0.29) is 11.8 Å². The molecule has 0 aromatic rings. The van der Waals surface area contributed by atoms with Gasteiger partial charge in [-0.1, -0.05) is 6.92 Å². The molecule has 0 rings (SSSR count). The summed E-state index contributed by atoms with van der Waals surface area (Å²) in [6.45, 7) is 1.87. The van der Waals surface area contributed by atoms with Crippen LogP contribution in [0.15, 0.2) is 0 Å². The van der Waals surface area contributed by atoms with Crippen molar-refractivity contribution < 1.29 is 4.79 Å². The molecule has 0 aliphatic carbocycles. The highest BCUT2D eigenvalue weighted by molar-refractivity contribution is 7.80. The maximum absolute atomic E-state index is 11.0. The molecule has 0 fully saturated rings. The monoisotopic (exact) mass is 147 g/mol. The quantitative estimate of drug-likeness (QED) is 0.568. The van der Waals surface area contributed by atoms with Gasteiger partial charge in [0.15, 0.2) is 0 Å². The van der Waals surface area contributed by atoms with Crippen LogP contribution in [0.4, 0.5) is 0 Å². The number of thiol groups is 1. The molecule has 0 aliphatic rings. The number of hydrogen-bond acceptors (Lipinski definition) is 2. The van der Waals surface area contributed by atoms with Gasteiger partial charge in [0.25, 0.3) is 0 Å². The summed E-state index contributed by atoms with van der Waals surface area (Å²) in [4.78, 5) is 12.5. The summed E-state index contributed by atoms with van der Waals surface area (Å²) in [5.74, 6) is 0.810. The standard InChI is InChI=1S/C6H13NOS/c1-5(4-9)6(8)7(2)3/h5,9H,4H2,1-3H3. The number of nitrogens with zero attached hydrogens (tertiary/aromatic N) is 1. The highest BCUT2D eigenvalue weighted by atomic mass is 32.1. The third-order valence-corrected chi connectivity index (χ3v) is 1.68. The van der Waals surface area contributed by atoms with Gasteiger partial charge in [-0.05, 0) is 0 Å². The van der Waals surface area contributed by atoms with E-state index in [4.69, 9.17) is 0 Å². The van der Waals surface area contributed by atoms with E-state index in [1.165, 1.54) is 0 Å². The van der Waals surface area contributed by atoms with Crippen molar-refractivity contribution in [2.75, 3.05) is 19.8 Å². The average Bonchev–Trinajstić information content (AvgIpc) is 1.84. The van der Waals surface area contributed by atoms with E-state index in [9.17, 15) is 4.79 Å². The summed E-state index contributed by atoms with van der Waals surface area (Å²) in [5.41, 5.74) is 0. The Morgan fingerprint density at radius 1 is 1.67 bits per heavy atom. The highest BCUT2D eigenvalue weighted by Crippen LogP contribution is 1.99. The van der Waals surface area contributed by atoms with Crippen LogP contribution in [-0.2, 0) is 4.79 Å². The predicted molar refractivity (Wildman–Crippen MR) is 41.7 cm³/mol. The first-order valence-corrected chi connectivity index (χ1v) is 3.55. The van der Waals surface area contributed by atoms with E-state index in [0.717, 1.165) is 0 Å². The van der Waals surface area contributed by atoms with Crippen LogP contribution in [0.1, 0.15) is 6.92 Å². The van der Waals surface area contributed by atoms with E-state index in [1.807, 2.05) is 6.92 Å². The lowest BCUT2D eigenvalue weighted by Crippen LogP contribution is -2.28. The summed E-state index contributed by atoms with van der Waals surface area (Å²) in [7, 11) is 3.50. The van der Waals surface area contributed by atoms with E-state index in [1.54, 1.807) is 19.0 Å². The summed E-state index contributed by atoms with van der Waals surface area (Å²) in [5, 5.41) is 0. The third-order valence-electron chi connectivity index (χ3n) is 1.14. The average molecular weight is 147 g/mol. The Kier molecular flexibility index (Phi) is 3.70. The maximum atomic E-state index is 11.0. The van der Waals surface area contributed by atoms with Gasteiger partial charge >= 0.3 is 0 Å². The van der Waals surface area contributed by atoms with E-state index in [2.05, 4.69) is 12.6 Å². The Morgan fingerprint density at radius 2 is 2.11 bits per heavy atom. The van der Waals surface area contributed by atoms with Gasteiger partial charge in [-0.3, -0.25) is 4.79 Å². The molecule has 1 unspecified atom stereocenters. The van der Waals surface area contributed by atoms with Crippen molar-refractivity contribution in [1.82, 2.24) is 4.90 Å². The molecule has 0 aromatic heterocycles.